The SMILES string of the molecule is [Ag+].[Ag].[CH2-]c1ccc2ccccc2c1.c1ccc([PH+](c2ccccc2)c2ccc3ccccc3c2)cc1.c1ccc([PH+](c2ccccc2)c2ccc3ccccc3c2-c2c([PH+](c3ccccc3)c3ccccc3)ccc3ccccc23)cc1. The molecule has 0 fully saturated rings. The first kappa shape index (κ1) is 58.0. The first-order valence-electron chi connectivity index (χ1n) is 27.4. The van der Waals surface area contributed by atoms with Crippen LogP contribution in [0.2, 0.25) is 0 Å². The molecule has 0 nitrogen and oxygen atoms in total. The Labute approximate surface area is 518 Å². The van der Waals surface area contributed by atoms with Crippen molar-refractivity contribution in [1.29, 1.82) is 0 Å². The fraction of sp³-hybridized carbons (Fsp3) is 0. The second-order valence-corrected chi connectivity index (χ2v) is 27.4. The van der Waals surface area contributed by atoms with Gasteiger partial charge in [-0.3, -0.25) is 0 Å². The van der Waals surface area contributed by atoms with E-state index in [4.69, 9.17) is 0 Å². The number of hydrogen-bond acceptors (Lipinski definition) is 0. The summed E-state index contributed by atoms with van der Waals surface area (Å²) in [6.07, 6.45) is 0. The molecule has 0 saturated carbocycles. The van der Waals surface area contributed by atoms with Gasteiger partial charge in [-0.25, -0.2) is 0 Å². The van der Waals surface area contributed by atoms with Crippen LogP contribution in [0.4, 0.5) is 0 Å². The Hall–Kier alpha value is -7.24. The van der Waals surface area contributed by atoms with E-state index < -0.39 is 23.8 Å². The monoisotopic (exact) mass is 1290 g/mol. The first-order valence-corrected chi connectivity index (χ1v) is 31.9. The van der Waals surface area contributed by atoms with Crippen molar-refractivity contribution in [2.45, 2.75) is 0 Å². The van der Waals surface area contributed by atoms with E-state index in [1.54, 1.807) is 0 Å². The van der Waals surface area contributed by atoms with Gasteiger partial charge >= 0.3 is 22.4 Å². The normalized spacial score (nSPS) is 10.9. The van der Waals surface area contributed by atoms with Gasteiger partial charge < -0.3 is 0 Å². The molecule has 0 spiro atoms. The second-order valence-electron chi connectivity index (χ2n) is 20.0. The van der Waals surface area contributed by atoms with E-state index in [9.17, 15) is 0 Å². The van der Waals surface area contributed by atoms with Gasteiger partial charge in [-0.15, -0.1) is 6.07 Å². The predicted octanol–water partition coefficient (Wildman–Crippen LogP) is 16.0. The molecule has 14 aromatic rings. The molecule has 0 atom stereocenters. The smallest absolute Gasteiger partial charge is 0.199 e. The van der Waals surface area contributed by atoms with E-state index in [0.717, 1.165) is 5.56 Å². The zero-order valence-corrected chi connectivity index (χ0v) is 51.1. The van der Waals surface area contributed by atoms with E-state index in [1.807, 2.05) is 18.2 Å². The van der Waals surface area contributed by atoms with Gasteiger partial charge in [0.15, 0.2) is 0 Å². The van der Waals surface area contributed by atoms with Crippen molar-refractivity contribution in [3.8, 4) is 11.1 Å². The number of hydrogen-bond donors (Lipinski definition) is 0. The Morgan fingerprint density at radius 3 is 0.841 bits per heavy atom. The van der Waals surface area contributed by atoms with Crippen molar-refractivity contribution >= 4 is 115 Å². The van der Waals surface area contributed by atoms with Crippen molar-refractivity contribution in [2.24, 2.45) is 0 Å². The van der Waals surface area contributed by atoms with Crippen molar-refractivity contribution in [3.63, 3.8) is 0 Å². The molecule has 0 saturated heterocycles. The molecule has 0 bridgehead atoms. The molecule has 0 amide bonds. The van der Waals surface area contributed by atoms with Crippen LogP contribution in [-0.4, -0.2) is 0 Å². The summed E-state index contributed by atoms with van der Waals surface area (Å²) >= 11 is 0. The number of rotatable bonds is 10. The van der Waals surface area contributed by atoms with Crippen LogP contribution in [0.25, 0.3) is 54.2 Å². The maximum atomic E-state index is 3.87. The Morgan fingerprint density at radius 2 is 0.476 bits per heavy atom. The van der Waals surface area contributed by atoms with Gasteiger partial charge in [-0.05, 0) is 135 Å². The van der Waals surface area contributed by atoms with Crippen LogP contribution >= 0.6 is 23.8 Å². The molecule has 0 heterocycles. The van der Waals surface area contributed by atoms with E-state index in [0.29, 0.717) is 0 Å². The molecule has 5 heteroatoms. The molecule has 0 aliphatic heterocycles. The average molecular weight is 1290 g/mol. The van der Waals surface area contributed by atoms with Crippen molar-refractivity contribution < 1.29 is 44.8 Å². The van der Waals surface area contributed by atoms with Gasteiger partial charge in [0.2, 0.25) is 0 Å². The minimum absolute atomic E-state index is 0. The number of benzene rings is 14. The van der Waals surface area contributed by atoms with Crippen LogP contribution < -0.4 is 47.7 Å². The average Bonchev–Trinajstić information content (AvgIpc) is 3.71. The first-order chi connectivity index (χ1) is 39.6. The Kier molecular flexibility index (Phi) is 19.9. The molecule has 403 valence electrons. The van der Waals surface area contributed by atoms with Gasteiger partial charge in [-0.1, -0.05) is 230 Å². The summed E-state index contributed by atoms with van der Waals surface area (Å²) in [6.45, 7) is 3.87. The molecule has 14 aromatic carbocycles. The molecule has 82 heavy (non-hydrogen) atoms. The van der Waals surface area contributed by atoms with Gasteiger partial charge in [0.25, 0.3) is 0 Å². The molecule has 0 unspecified atom stereocenters. The van der Waals surface area contributed by atoms with Crippen LogP contribution in [0, 0.1) is 6.92 Å². The van der Waals surface area contributed by atoms with Crippen LogP contribution in [0.3, 0.4) is 0 Å². The fourth-order valence-electron chi connectivity index (χ4n) is 11.2. The van der Waals surface area contributed by atoms with E-state index in [2.05, 4.69) is 328 Å². The zero-order valence-electron chi connectivity index (χ0n) is 45.1. The van der Waals surface area contributed by atoms with Gasteiger partial charge in [0.05, 0.1) is 23.8 Å². The molecule has 1 radical (unpaired) electrons. The second kappa shape index (κ2) is 28.2. The summed E-state index contributed by atoms with van der Waals surface area (Å²) in [5.74, 6) is 0. The third-order valence-corrected chi connectivity index (χ3v) is 23.1. The molecule has 14 rings (SSSR count). The minimum Gasteiger partial charge on any atom is -0.199 e. The summed E-state index contributed by atoms with van der Waals surface area (Å²) in [4.78, 5) is 0. The van der Waals surface area contributed by atoms with Crippen molar-refractivity contribution in [3.05, 3.63) is 352 Å². The van der Waals surface area contributed by atoms with Crippen molar-refractivity contribution in [2.75, 3.05) is 0 Å². The molecular formula is C77H61Ag2P3+3. The standard InChI is InChI=1S/C44H32P2.C22H17P.C11H9.2Ag/c1-5-19-35(20-6-1)45(36-21-7-2-8-22-36)41-31-29-33-17-13-15-27-39(33)43(41)44-40-28-16-14-18-34(40)30-32-42(44)46(37-23-9-3-10-24-37)38-25-11-4-12-26-38;1-3-11-20(12-4-1)23(21-13-5-2-6-14-21)22-16-15-18-9-7-8-10-19(18)17-22;1-9-6-7-10-4-2-3-5-11(10)8-9;;/h1-32H;1-17H;2-8H,1H2;;/q;;-1;;+1/p+3. The topological polar surface area (TPSA) is 0 Å². The third kappa shape index (κ3) is 13.2. The fourth-order valence-corrected chi connectivity index (χ4v) is 19.3. The molecule has 0 aliphatic carbocycles. The van der Waals surface area contributed by atoms with Gasteiger partial charge in [-0.2, -0.15) is 24.6 Å². The summed E-state index contributed by atoms with van der Waals surface area (Å²) in [6, 6.07) is 124. The van der Waals surface area contributed by atoms with Crippen LogP contribution in [0.5, 0.6) is 0 Å². The third-order valence-electron chi connectivity index (χ3n) is 14.9. The summed E-state index contributed by atoms with van der Waals surface area (Å²) in [7, 11) is -3.71. The largest absolute Gasteiger partial charge is 1.00 e. The predicted molar refractivity (Wildman–Crippen MR) is 360 cm³/mol. The van der Waals surface area contributed by atoms with E-state index >= 15 is 0 Å². The number of fused-ring (bicyclic) bond motifs is 4. The summed E-state index contributed by atoms with van der Waals surface area (Å²) in [5.41, 5.74) is 3.82. The van der Waals surface area contributed by atoms with E-state index in [-0.39, 0.29) is 44.8 Å². The molecule has 0 N–H and O–H groups in total. The maximum absolute atomic E-state index is 3.87. The zero-order chi connectivity index (χ0) is 53.9. The van der Waals surface area contributed by atoms with Crippen LogP contribution in [-0.2, 0) is 44.8 Å². The molecular weight excluding hydrogens is 1230 g/mol. The summed E-state index contributed by atoms with van der Waals surface area (Å²) < 4.78 is 0. The molecule has 0 aliphatic rings. The maximum Gasteiger partial charge on any atom is 1.00 e. The van der Waals surface area contributed by atoms with Crippen molar-refractivity contribution in [1.82, 2.24) is 0 Å². The van der Waals surface area contributed by atoms with Gasteiger partial charge in [0, 0.05) is 33.5 Å². The Bertz CT molecular complexity index is 4030. The Morgan fingerprint density at radius 1 is 0.207 bits per heavy atom. The van der Waals surface area contributed by atoms with Gasteiger partial charge in [0.1, 0.15) is 47.7 Å². The van der Waals surface area contributed by atoms with Crippen LogP contribution in [0.15, 0.2) is 340 Å². The quantitative estimate of drug-likeness (QED) is 0.0727. The minimum atomic E-state index is -1.37. The molecule has 0 aromatic heterocycles. The van der Waals surface area contributed by atoms with Crippen LogP contribution in [0.1, 0.15) is 5.56 Å². The summed E-state index contributed by atoms with van der Waals surface area (Å²) in [5, 5.41) is 23.1. The van der Waals surface area contributed by atoms with E-state index in [1.165, 1.54) is 102 Å². The Balaban J connectivity index is 0.000000172.